The molecular weight excluding hydrogens is 376 g/mol. The minimum Gasteiger partial charge on any atom is -0.324 e. The van der Waals surface area contributed by atoms with E-state index in [2.05, 4.69) is 5.32 Å². The lowest BCUT2D eigenvalue weighted by Gasteiger charge is -2.33. The van der Waals surface area contributed by atoms with E-state index in [1.54, 1.807) is 22.8 Å². The van der Waals surface area contributed by atoms with Gasteiger partial charge in [-0.2, -0.15) is 0 Å². The predicted octanol–water partition coefficient (Wildman–Crippen LogP) is 4.29. The van der Waals surface area contributed by atoms with Gasteiger partial charge in [0.1, 0.15) is 11.6 Å². The lowest BCUT2D eigenvalue weighted by Crippen LogP contribution is -2.41. The molecule has 5 nitrogen and oxygen atoms in total. The molecule has 29 heavy (non-hydrogen) atoms. The topological polar surface area (TPSA) is 52.7 Å². The molecule has 0 radical (unpaired) electrons. The van der Waals surface area contributed by atoms with E-state index in [1.807, 2.05) is 12.1 Å². The number of carbonyl (C=O) groups excluding carboxylic acids is 2. The maximum Gasteiger partial charge on any atom is 0.321 e. The Morgan fingerprint density at radius 1 is 1.10 bits per heavy atom. The fourth-order valence-electron chi connectivity index (χ4n) is 4.25. The number of halogens is 2. The second-order valence-electron chi connectivity index (χ2n) is 7.65. The van der Waals surface area contributed by atoms with E-state index in [4.69, 9.17) is 0 Å². The first-order valence-corrected chi connectivity index (χ1v) is 9.84. The molecular formula is C22H23F2N3O2. The van der Waals surface area contributed by atoms with E-state index in [-0.39, 0.29) is 17.9 Å². The molecule has 2 aliphatic rings. The van der Waals surface area contributed by atoms with Crippen molar-refractivity contribution in [3.05, 3.63) is 59.2 Å². The summed E-state index contributed by atoms with van der Waals surface area (Å²) < 4.78 is 27.7. The molecule has 1 saturated heterocycles. The summed E-state index contributed by atoms with van der Waals surface area (Å²) in [4.78, 5) is 27.8. The van der Waals surface area contributed by atoms with E-state index < -0.39 is 11.6 Å². The van der Waals surface area contributed by atoms with Crippen LogP contribution in [-0.4, -0.2) is 36.5 Å². The SMILES string of the molecule is CC(=O)N1CCc2cc(NC(=O)N3CCC[C@H](c4cc(F)ccc4F)C3)ccc21. The molecule has 0 bridgehead atoms. The van der Waals surface area contributed by atoms with Gasteiger partial charge in [-0.1, -0.05) is 0 Å². The average molecular weight is 399 g/mol. The highest BCUT2D eigenvalue weighted by atomic mass is 19.1. The van der Waals surface area contributed by atoms with E-state index in [0.717, 1.165) is 36.2 Å². The van der Waals surface area contributed by atoms with Crippen molar-refractivity contribution < 1.29 is 18.4 Å². The maximum absolute atomic E-state index is 14.1. The Morgan fingerprint density at radius 2 is 1.93 bits per heavy atom. The van der Waals surface area contributed by atoms with Gasteiger partial charge in [-0.25, -0.2) is 13.6 Å². The third kappa shape index (κ3) is 3.95. The van der Waals surface area contributed by atoms with E-state index in [0.29, 0.717) is 37.3 Å². The number of rotatable bonds is 2. The summed E-state index contributed by atoms with van der Waals surface area (Å²) in [5.41, 5.74) is 2.90. The van der Waals surface area contributed by atoms with Gasteiger partial charge in [-0.15, -0.1) is 0 Å². The van der Waals surface area contributed by atoms with Crippen LogP contribution in [0, 0.1) is 11.6 Å². The van der Waals surface area contributed by atoms with Crippen molar-refractivity contribution in [3.63, 3.8) is 0 Å². The minimum absolute atomic E-state index is 0.00414. The van der Waals surface area contributed by atoms with Gasteiger partial charge in [-0.3, -0.25) is 4.79 Å². The lowest BCUT2D eigenvalue weighted by atomic mass is 9.90. The number of anilines is 2. The molecule has 1 fully saturated rings. The first kappa shape index (κ1) is 19.4. The summed E-state index contributed by atoms with van der Waals surface area (Å²) in [7, 11) is 0. The highest BCUT2D eigenvalue weighted by Gasteiger charge is 2.27. The van der Waals surface area contributed by atoms with Crippen molar-refractivity contribution in [1.82, 2.24) is 4.90 Å². The average Bonchev–Trinajstić information content (AvgIpc) is 3.13. The molecule has 0 aromatic heterocycles. The van der Waals surface area contributed by atoms with E-state index >= 15 is 0 Å². The Kier molecular flexibility index (Phi) is 5.22. The van der Waals surface area contributed by atoms with Crippen molar-refractivity contribution in [2.24, 2.45) is 0 Å². The number of carbonyl (C=O) groups is 2. The molecule has 2 heterocycles. The van der Waals surface area contributed by atoms with Crippen LogP contribution < -0.4 is 10.2 Å². The van der Waals surface area contributed by atoms with E-state index in [9.17, 15) is 18.4 Å². The quantitative estimate of drug-likeness (QED) is 0.819. The first-order chi connectivity index (χ1) is 13.9. The largest absolute Gasteiger partial charge is 0.324 e. The van der Waals surface area contributed by atoms with Crippen LogP contribution in [0.15, 0.2) is 36.4 Å². The molecule has 152 valence electrons. The molecule has 2 aromatic carbocycles. The van der Waals surface area contributed by atoms with Crippen molar-refractivity contribution in [3.8, 4) is 0 Å². The number of nitrogens with one attached hydrogen (secondary N) is 1. The summed E-state index contributed by atoms with van der Waals surface area (Å²) in [6.45, 7) is 3.10. The standard InChI is InChI=1S/C22H23F2N3O2/c1-14(28)27-10-8-15-11-18(5-7-21(15)27)25-22(29)26-9-2-3-16(13-26)19-12-17(23)4-6-20(19)24/h4-7,11-12,16H,2-3,8-10,13H2,1H3,(H,25,29)/t16-/m0/s1. The van der Waals surface area contributed by atoms with Crippen molar-refractivity contribution >= 4 is 23.3 Å². The maximum atomic E-state index is 14.1. The molecule has 0 unspecified atom stereocenters. The molecule has 2 aromatic rings. The predicted molar refractivity (Wildman–Crippen MR) is 107 cm³/mol. The minimum atomic E-state index is -0.472. The van der Waals surface area contributed by atoms with Crippen LogP contribution in [0.1, 0.15) is 36.8 Å². The summed E-state index contributed by atoms with van der Waals surface area (Å²) in [6.07, 6.45) is 2.19. The highest BCUT2D eigenvalue weighted by molar-refractivity contribution is 5.95. The zero-order valence-electron chi connectivity index (χ0n) is 16.3. The van der Waals surface area contributed by atoms with Crippen LogP contribution in [0.25, 0.3) is 0 Å². The number of amides is 3. The Balaban J connectivity index is 1.45. The molecule has 2 aliphatic heterocycles. The zero-order chi connectivity index (χ0) is 20.5. The van der Waals surface area contributed by atoms with Gasteiger partial charge in [0.15, 0.2) is 0 Å². The van der Waals surface area contributed by atoms with Gasteiger partial charge in [0, 0.05) is 43.9 Å². The molecule has 0 aliphatic carbocycles. The van der Waals surface area contributed by atoms with Gasteiger partial charge in [-0.05, 0) is 66.8 Å². The van der Waals surface area contributed by atoms with E-state index in [1.165, 1.54) is 6.07 Å². The van der Waals surface area contributed by atoms with Crippen molar-refractivity contribution in [2.45, 2.75) is 32.1 Å². The Bertz CT molecular complexity index is 963. The summed E-state index contributed by atoms with van der Waals surface area (Å²) >= 11 is 0. The third-order valence-electron chi connectivity index (χ3n) is 5.71. The van der Waals surface area contributed by atoms with Crippen LogP contribution in [0.4, 0.5) is 25.0 Å². The van der Waals surface area contributed by atoms with Crippen LogP contribution in [-0.2, 0) is 11.2 Å². The van der Waals surface area contributed by atoms with Crippen LogP contribution in [0.5, 0.6) is 0 Å². The number of hydrogen-bond acceptors (Lipinski definition) is 2. The van der Waals surface area contributed by atoms with Crippen molar-refractivity contribution in [1.29, 1.82) is 0 Å². The molecule has 7 heteroatoms. The summed E-state index contributed by atoms with van der Waals surface area (Å²) in [6, 6.07) is 8.73. The van der Waals surface area contributed by atoms with Crippen molar-refractivity contribution in [2.75, 3.05) is 29.9 Å². The number of piperidine rings is 1. The molecule has 1 N–H and O–H groups in total. The zero-order valence-corrected chi connectivity index (χ0v) is 16.3. The monoisotopic (exact) mass is 399 g/mol. The Labute approximate surface area is 168 Å². The van der Waals surface area contributed by atoms with Gasteiger partial charge in [0.25, 0.3) is 0 Å². The molecule has 0 saturated carbocycles. The van der Waals surface area contributed by atoms with Crippen LogP contribution >= 0.6 is 0 Å². The van der Waals surface area contributed by atoms with Gasteiger partial charge < -0.3 is 15.1 Å². The molecule has 0 spiro atoms. The number of fused-ring (bicyclic) bond motifs is 1. The molecule has 4 rings (SSSR count). The fraction of sp³-hybridized carbons (Fsp3) is 0.364. The smallest absolute Gasteiger partial charge is 0.321 e. The first-order valence-electron chi connectivity index (χ1n) is 9.84. The number of benzene rings is 2. The van der Waals surface area contributed by atoms with Gasteiger partial charge >= 0.3 is 6.03 Å². The Morgan fingerprint density at radius 3 is 2.72 bits per heavy atom. The van der Waals surface area contributed by atoms with Gasteiger partial charge in [0.05, 0.1) is 0 Å². The van der Waals surface area contributed by atoms with Gasteiger partial charge in [0.2, 0.25) is 5.91 Å². The van der Waals surface area contributed by atoms with Crippen LogP contribution in [0.3, 0.4) is 0 Å². The number of likely N-dealkylation sites (tertiary alicyclic amines) is 1. The second kappa shape index (κ2) is 7.81. The Hall–Kier alpha value is -2.96. The van der Waals surface area contributed by atoms with Crippen LogP contribution in [0.2, 0.25) is 0 Å². The number of nitrogens with zero attached hydrogens (tertiary/aromatic N) is 2. The summed E-state index contributed by atoms with van der Waals surface area (Å²) in [5, 5.41) is 2.90. The summed E-state index contributed by atoms with van der Waals surface area (Å²) in [5.74, 6) is -1.13. The third-order valence-corrected chi connectivity index (χ3v) is 5.71. The fourth-order valence-corrected chi connectivity index (χ4v) is 4.25. The highest BCUT2D eigenvalue weighted by Crippen LogP contribution is 2.32. The second-order valence-corrected chi connectivity index (χ2v) is 7.65. The number of urea groups is 1. The number of hydrogen-bond donors (Lipinski definition) is 1. The lowest BCUT2D eigenvalue weighted by molar-refractivity contribution is -0.116. The normalized spacial score (nSPS) is 18.5. The molecule has 1 atom stereocenters. The molecule has 3 amide bonds.